The average molecular weight is 285 g/mol. The third-order valence-electron chi connectivity index (χ3n) is 2.39. The molecule has 110 valence electrons. The van der Waals surface area contributed by atoms with Gasteiger partial charge in [0.05, 0.1) is 6.10 Å². The summed E-state index contributed by atoms with van der Waals surface area (Å²) >= 11 is 0. The summed E-state index contributed by atoms with van der Waals surface area (Å²) in [5.41, 5.74) is 0.897. The Morgan fingerprint density at radius 1 is 1.14 bits per heavy atom. The number of aromatic nitrogens is 3. The van der Waals surface area contributed by atoms with Gasteiger partial charge in [0.2, 0.25) is 11.9 Å². The summed E-state index contributed by atoms with van der Waals surface area (Å²) in [6, 6.07) is 9.97. The van der Waals surface area contributed by atoms with Crippen molar-refractivity contribution in [1.29, 1.82) is 0 Å². The highest BCUT2D eigenvalue weighted by Crippen LogP contribution is 2.16. The molecule has 0 atom stereocenters. The van der Waals surface area contributed by atoms with Gasteiger partial charge in [0.15, 0.2) is 0 Å². The van der Waals surface area contributed by atoms with Crippen LogP contribution in [0.2, 0.25) is 0 Å². The van der Waals surface area contributed by atoms with Crippen molar-refractivity contribution in [3.63, 3.8) is 0 Å². The van der Waals surface area contributed by atoms with Crippen molar-refractivity contribution in [2.24, 2.45) is 0 Å². The fourth-order valence-electron chi connectivity index (χ4n) is 1.57. The monoisotopic (exact) mass is 285 g/mol. The molecule has 0 spiro atoms. The van der Waals surface area contributed by atoms with Crippen LogP contribution in [0.4, 0.5) is 17.6 Å². The highest BCUT2D eigenvalue weighted by molar-refractivity contribution is 5.53. The molecule has 0 aliphatic rings. The highest BCUT2D eigenvalue weighted by Gasteiger charge is 2.09. The number of hydrogen-bond acceptors (Lipinski definition) is 6. The van der Waals surface area contributed by atoms with Crippen LogP contribution in [-0.4, -0.2) is 27.6 Å². The van der Waals surface area contributed by atoms with Gasteiger partial charge in [-0.1, -0.05) is 24.3 Å². The molecule has 0 fully saturated rings. The zero-order valence-electron chi connectivity index (χ0n) is 12.2. The molecule has 0 aliphatic heterocycles. The predicted molar refractivity (Wildman–Crippen MR) is 84.0 cm³/mol. The van der Waals surface area contributed by atoms with Crippen molar-refractivity contribution in [3.8, 4) is 6.01 Å². The van der Waals surface area contributed by atoms with Gasteiger partial charge in [-0.3, -0.25) is 0 Å². The molecule has 1 aromatic carbocycles. The summed E-state index contributed by atoms with van der Waals surface area (Å²) in [6.07, 6.45) is 1.72. The lowest BCUT2D eigenvalue weighted by Crippen LogP contribution is -2.13. The molecule has 1 heterocycles. The maximum atomic E-state index is 5.55. The van der Waals surface area contributed by atoms with Crippen LogP contribution in [0, 0.1) is 0 Å². The van der Waals surface area contributed by atoms with Gasteiger partial charge in [-0.05, 0) is 26.0 Å². The topological polar surface area (TPSA) is 72.0 Å². The number of para-hydroxylation sites is 1. The molecular weight excluding hydrogens is 266 g/mol. The minimum absolute atomic E-state index is 0.00997. The van der Waals surface area contributed by atoms with Crippen LogP contribution < -0.4 is 15.4 Å². The molecule has 2 N–H and O–H groups in total. The van der Waals surface area contributed by atoms with Crippen molar-refractivity contribution in [1.82, 2.24) is 15.0 Å². The van der Waals surface area contributed by atoms with Crippen molar-refractivity contribution in [2.75, 3.05) is 17.2 Å². The maximum Gasteiger partial charge on any atom is 0.323 e. The Hall–Kier alpha value is -2.63. The Morgan fingerprint density at radius 2 is 1.86 bits per heavy atom. The predicted octanol–water partition coefficient (Wildman–Crippen LogP) is 3.00. The van der Waals surface area contributed by atoms with Crippen LogP contribution in [0.5, 0.6) is 6.01 Å². The standard InChI is InChI=1S/C15H19N5O/c1-4-10-16-13-18-14(17-12-8-6-5-7-9-12)20-15(19-13)21-11(2)3/h4-9,11H,1,10H2,2-3H3,(H2,16,17,18,19,20). The number of ether oxygens (including phenoxy) is 1. The number of nitrogens with one attached hydrogen (secondary N) is 2. The van der Waals surface area contributed by atoms with Crippen molar-refractivity contribution in [3.05, 3.63) is 43.0 Å². The lowest BCUT2D eigenvalue weighted by molar-refractivity contribution is 0.222. The number of anilines is 3. The molecule has 0 amide bonds. The summed E-state index contributed by atoms with van der Waals surface area (Å²) in [5, 5.41) is 6.16. The van der Waals surface area contributed by atoms with Gasteiger partial charge in [-0.15, -0.1) is 6.58 Å². The number of benzene rings is 1. The molecule has 1 aromatic heterocycles. The largest absolute Gasteiger partial charge is 0.461 e. The first kappa shape index (κ1) is 14.8. The van der Waals surface area contributed by atoms with E-state index in [0.717, 1.165) is 5.69 Å². The van der Waals surface area contributed by atoms with Gasteiger partial charge in [-0.25, -0.2) is 0 Å². The van der Waals surface area contributed by atoms with E-state index in [0.29, 0.717) is 18.4 Å². The second kappa shape index (κ2) is 7.23. The number of nitrogens with zero attached hydrogens (tertiary/aromatic N) is 3. The summed E-state index contributed by atoms with van der Waals surface area (Å²) in [7, 11) is 0. The van der Waals surface area contributed by atoms with Crippen molar-refractivity contribution >= 4 is 17.6 Å². The molecule has 0 saturated carbocycles. The Kier molecular flexibility index (Phi) is 5.09. The summed E-state index contributed by atoms with van der Waals surface area (Å²) in [4.78, 5) is 12.8. The van der Waals surface area contributed by atoms with E-state index in [4.69, 9.17) is 4.74 Å². The van der Waals surface area contributed by atoms with E-state index in [9.17, 15) is 0 Å². The molecule has 2 rings (SSSR count). The summed E-state index contributed by atoms with van der Waals surface area (Å²) in [5.74, 6) is 0.873. The van der Waals surface area contributed by atoms with E-state index in [1.165, 1.54) is 0 Å². The lowest BCUT2D eigenvalue weighted by Gasteiger charge is -2.11. The van der Waals surface area contributed by atoms with Crippen molar-refractivity contribution in [2.45, 2.75) is 20.0 Å². The van der Waals surface area contributed by atoms with Gasteiger partial charge in [0, 0.05) is 12.2 Å². The van der Waals surface area contributed by atoms with E-state index in [1.54, 1.807) is 6.08 Å². The molecule has 2 aromatic rings. The normalized spacial score (nSPS) is 10.2. The van der Waals surface area contributed by atoms with Crippen molar-refractivity contribution < 1.29 is 4.74 Å². The van der Waals surface area contributed by atoms with Gasteiger partial charge >= 0.3 is 6.01 Å². The van der Waals surface area contributed by atoms with Crippen LogP contribution in [0.15, 0.2) is 43.0 Å². The number of hydrogen-bond donors (Lipinski definition) is 2. The lowest BCUT2D eigenvalue weighted by atomic mass is 10.3. The highest BCUT2D eigenvalue weighted by atomic mass is 16.5. The molecule has 0 unspecified atom stereocenters. The Balaban J connectivity index is 2.23. The van der Waals surface area contributed by atoms with Crippen LogP contribution in [0.3, 0.4) is 0 Å². The third-order valence-corrected chi connectivity index (χ3v) is 2.39. The molecule has 6 nitrogen and oxygen atoms in total. The fourth-order valence-corrected chi connectivity index (χ4v) is 1.57. The first-order valence-electron chi connectivity index (χ1n) is 6.77. The van der Waals surface area contributed by atoms with E-state index < -0.39 is 0 Å². The second-order valence-corrected chi connectivity index (χ2v) is 4.59. The SMILES string of the molecule is C=CCNc1nc(Nc2ccccc2)nc(OC(C)C)n1. The first-order valence-corrected chi connectivity index (χ1v) is 6.77. The van der Waals surface area contributed by atoms with Gasteiger partial charge in [0.25, 0.3) is 0 Å². The average Bonchev–Trinajstić information content (AvgIpc) is 2.45. The second-order valence-electron chi connectivity index (χ2n) is 4.59. The fraction of sp³-hybridized carbons (Fsp3) is 0.267. The van der Waals surface area contributed by atoms with Crippen LogP contribution >= 0.6 is 0 Å². The van der Waals surface area contributed by atoms with Gasteiger partial charge in [-0.2, -0.15) is 15.0 Å². The van der Waals surface area contributed by atoms with Crippen LogP contribution in [-0.2, 0) is 0 Å². The molecule has 0 bridgehead atoms. The van der Waals surface area contributed by atoms with Crippen LogP contribution in [0.1, 0.15) is 13.8 Å². The molecule has 0 aliphatic carbocycles. The first-order chi connectivity index (χ1) is 10.2. The maximum absolute atomic E-state index is 5.55. The van der Waals surface area contributed by atoms with E-state index in [2.05, 4.69) is 32.2 Å². The zero-order valence-corrected chi connectivity index (χ0v) is 12.2. The van der Waals surface area contributed by atoms with E-state index in [1.807, 2.05) is 44.2 Å². The minimum Gasteiger partial charge on any atom is -0.461 e. The third kappa shape index (κ3) is 4.76. The molecule has 21 heavy (non-hydrogen) atoms. The smallest absolute Gasteiger partial charge is 0.323 e. The molecular formula is C15H19N5O. The zero-order chi connectivity index (χ0) is 15.1. The Morgan fingerprint density at radius 3 is 2.52 bits per heavy atom. The molecule has 0 saturated heterocycles. The van der Waals surface area contributed by atoms with Gasteiger partial charge < -0.3 is 15.4 Å². The Bertz CT molecular complexity index is 586. The minimum atomic E-state index is -0.00997. The van der Waals surface area contributed by atoms with E-state index >= 15 is 0 Å². The molecule has 6 heteroatoms. The summed E-state index contributed by atoms with van der Waals surface area (Å²) in [6.45, 7) is 8.06. The number of rotatable bonds is 7. The van der Waals surface area contributed by atoms with Crippen LogP contribution in [0.25, 0.3) is 0 Å². The van der Waals surface area contributed by atoms with E-state index in [-0.39, 0.29) is 12.1 Å². The molecule has 0 radical (unpaired) electrons. The van der Waals surface area contributed by atoms with Gasteiger partial charge in [0.1, 0.15) is 0 Å². The summed E-state index contributed by atoms with van der Waals surface area (Å²) < 4.78 is 5.55. The Labute approximate surface area is 124 Å². The quantitative estimate of drug-likeness (QED) is 0.762.